The van der Waals surface area contributed by atoms with Crippen LogP contribution < -0.4 is 11.1 Å². The van der Waals surface area contributed by atoms with Crippen molar-refractivity contribution in [3.8, 4) is 11.5 Å². The van der Waals surface area contributed by atoms with E-state index in [1.807, 2.05) is 0 Å². The Morgan fingerprint density at radius 3 is 2.63 bits per heavy atom. The van der Waals surface area contributed by atoms with E-state index in [1.165, 1.54) is 19.1 Å². The van der Waals surface area contributed by atoms with E-state index < -0.39 is 5.91 Å². The number of carbonyl (C=O) groups is 1. The summed E-state index contributed by atoms with van der Waals surface area (Å²) in [6.45, 7) is 1.53. The highest BCUT2D eigenvalue weighted by Crippen LogP contribution is 2.25. The maximum Gasteiger partial charge on any atom is 0.260 e. The summed E-state index contributed by atoms with van der Waals surface area (Å²) >= 11 is 0. The number of benzene rings is 1. The van der Waals surface area contributed by atoms with E-state index in [4.69, 9.17) is 5.73 Å². The minimum absolute atomic E-state index is 0.0664. The van der Waals surface area contributed by atoms with Crippen molar-refractivity contribution in [3.63, 3.8) is 0 Å². The van der Waals surface area contributed by atoms with Crippen molar-refractivity contribution in [2.45, 2.75) is 6.92 Å². The molecule has 7 nitrogen and oxygen atoms in total. The van der Waals surface area contributed by atoms with Crippen molar-refractivity contribution in [1.29, 1.82) is 0 Å². The fourth-order valence-electron chi connectivity index (χ4n) is 1.52. The average Bonchev–Trinajstić information content (AvgIpc) is 2.35. The molecule has 0 saturated carbocycles. The molecule has 19 heavy (non-hydrogen) atoms. The molecule has 7 heteroatoms. The largest absolute Gasteiger partial charge is 0.507 e. The van der Waals surface area contributed by atoms with Crippen LogP contribution in [0.1, 0.15) is 16.1 Å². The van der Waals surface area contributed by atoms with Gasteiger partial charge in [0.2, 0.25) is 5.95 Å². The predicted molar refractivity (Wildman–Crippen MR) is 68.9 cm³/mol. The van der Waals surface area contributed by atoms with Gasteiger partial charge in [-0.05, 0) is 19.1 Å². The number of phenols is 1. The van der Waals surface area contributed by atoms with Gasteiger partial charge in [0.25, 0.3) is 5.91 Å². The second-order valence-corrected chi connectivity index (χ2v) is 3.84. The van der Waals surface area contributed by atoms with Crippen LogP contribution in [0.3, 0.4) is 0 Å². The van der Waals surface area contributed by atoms with Gasteiger partial charge >= 0.3 is 0 Å². The molecule has 98 valence electrons. The van der Waals surface area contributed by atoms with Gasteiger partial charge in [0.15, 0.2) is 11.6 Å². The van der Waals surface area contributed by atoms with Gasteiger partial charge in [-0.15, -0.1) is 0 Å². The molecule has 5 N–H and O–H groups in total. The van der Waals surface area contributed by atoms with Gasteiger partial charge in [-0.2, -0.15) is 4.98 Å². The fourth-order valence-corrected chi connectivity index (χ4v) is 1.52. The number of anilines is 2. The Labute approximate surface area is 108 Å². The van der Waals surface area contributed by atoms with Gasteiger partial charge < -0.3 is 21.3 Å². The number of nitrogens with one attached hydrogen (secondary N) is 1. The number of hydrogen-bond donors (Lipinski definition) is 4. The molecule has 1 aromatic carbocycles. The monoisotopic (exact) mass is 260 g/mol. The first-order valence-corrected chi connectivity index (χ1v) is 5.41. The Kier molecular flexibility index (Phi) is 3.19. The molecule has 1 amide bonds. The van der Waals surface area contributed by atoms with Crippen LogP contribution in [0.15, 0.2) is 24.3 Å². The number of phenolic OH excluding ortho intramolecular Hbond substituents is 1. The lowest BCUT2D eigenvalue weighted by molar-refractivity contribution is 0.102. The smallest absolute Gasteiger partial charge is 0.260 e. The normalized spacial score (nSPS) is 10.2. The first-order chi connectivity index (χ1) is 8.99. The summed E-state index contributed by atoms with van der Waals surface area (Å²) in [6.07, 6.45) is 0. The van der Waals surface area contributed by atoms with Crippen molar-refractivity contribution >= 4 is 17.7 Å². The van der Waals surface area contributed by atoms with E-state index in [-0.39, 0.29) is 34.5 Å². The molecule has 0 bridgehead atoms. The summed E-state index contributed by atoms with van der Waals surface area (Å²) in [5.41, 5.74) is 5.76. The van der Waals surface area contributed by atoms with Crippen LogP contribution in [0.4, 0.5) is 11.8 Å². The molecule has 2 aromatic rings. The number of carbonyl (C=O) groups excluding carboxylic acids is 1. The van der Waals surface area contributed by atoms with Crippen LogP contribution in [0.5, 0.6) is 11.5 Å². The summed E-state index contributed by atoms with van der Waals surface area (Å²) in [6, 6.07) is 6.03. The summed E-state index contributed by atoms with van der Waals surface area (Å²) in [4.78, 5) is 19.4. The number of aromatic hydroxyl groups is 2. The molecule has 1 aromatic heterocycles. The Balaban J connectivity index is 2.32. The van der Waals surface area contributed by atoms with Crippen LogP contribution in [0.2, 0.25) is 0 Å². The molecule has 0 aliphatic carbocycles. The quantitative estimate of drug-likeness (QED) is 0.639. The average molecular weight is 260 g/mol. The Morgan fingerprint density at radius 2 is 1.95 bits per heavy atom. The van der Waals surface area contributed by atoms with Crippen LogP contribution in [0.25, 0.3) is 0 Å². The number of amides is 1. The molecular formula is C12H12N4O3. The number of nitrogen functional groups attached to an aromatic ring is 1. The van der Waals surface area contributed by atoms with Crippen molar-refractivity contribution in [1.82, 2.24) is 9.97 Å². The summed E-state index contributed by atoms with van der Waals surface area (Å²) in [5, 5.41) is 21.7. The van der Waals surface area contributed by atoms with Crippen molar-refractivity contribution < 1.29 is 15.0 Å². The van der Waals surface area contributed by atoms with Crippen LogP contribution >= 0.6 is 0 Å². The van der Waals surface area contributed by atoms with Crippen molar-refractivity contribution in [2.75, 3.05) is 11.1 Å². The molecule has 0 fully saturated rings. The zero-order valence-corrected chi connectivity index (χ0v) is 10.1. The minimum atomic E-state index is -0.606. The first-order valence-electron chi connectivity index (χ1n) is 5.41. The molecule has 0 unspecified atom stereocenters. The summed E-state index contributed by atoms with van der Waals surface area (Å²) in [5.74, 6) is -1.21. The van der Waals surface area contributed by atoms with E-state index >= 15 is 0 Å². The number of rotatable bonds is 2. The third kappa shape index (κ3) is 2.54. The second-order valence-electron chi connectivity index (χ2n) is 3.84. The van der Waals surface area contributed by atoms with Crippen LogP contribution in [0, 0.1) is 6.92 Å². The number of para-hydroxylation sites is 1. The lowest BCUT2D eigenvalue weighted by atomic mass is 10.2. The van der Waals surface area contributed by atoms with Gasteiger partial charge in [0, 0.05) is 0 Å². The summed E-state index contributed by atoms with van der Waals surface area (Å²) < 4.78 is 0. The van der Waals surface area contributed by atoms with E-state index in [1.54, 1.807) is 12.1 Å². The third-order valence-corrected chi connectivity index (χ3v) is 2.46. The number of nitrogens with zero attached hydrogens (tertiary/aromatic N) is 2. The van der Waals surface area contributed by atoms with Crippen LogP contribution in [-0.4, -0.2) is 26.1 Å². The highest BCUT2D eigenvalue weighted by molar-refractivity contribution is 6.06. The number of aromatic nitrogens is 2. The standard InChI is InChI=1S/C12H12N4O3/c1-6-9(18)10(16-12(13)14-6)15-11(19)7-4-2-3-5-8(7)17/h2-5,17-18H,1H3,(H3,13,14,15,16,19). The fraction of sp³-hybridized carbons (Fsp3) is 0.0833. The highest BCUT2D eigenvalue weighted by Gasteiger charge is 2.15. The van der Waals surface area contributed by atoms with E-state index in [0.29, 0.717) is 0 Å². The van der Waals surface area contributed by atoms with Gasteiger partial charge in [0.05, 0.1) is 11.3 Å². The second kappa shape index (κ2) is 4.81. The third-order valence-electron chi connectivity index (χ3n) is 2.46. The molecule has 0 radical (unpaired) electrons. The number of aryl methyl sites for hydroxylation is 1. The van der Waals surface area contributed by atoms with E-state index in [2.05, 4.69) is 15.3 Å². The lowest BCUT2D eigenvalue weighted by Crippen LogP contribution is -2.14. The highest BCUT2D eigenvalue weighted by atomic mass is 16.3. The van der Waals surface area contributed by atoms with E-state index in [0.717, 1.165) is 0 Å². The minimum Gasteiger partial charge on any atom is -0.507 e. The molecule has 0 aliphatic rings. The number of nitrogens with two attached hydrogens (primary N) is 1. The topological polar surface area (TPSA) is 121 Å². The van der Waals surface area contributed by atoms with Gasteiger partial charge in [-0.25, -0.2) is 4.98 Å². The molecule has 0 atom stereocenters. The van der Waals surface area contributed by atoms with Crippen molar-refractivity contribution in [3.05, 3.63) is 35.5 Å². The van der Waals surface area contributed by atoms with Crippen molar-refractivity contribution in [2.24, 2.45) is 0 Å². The van der Waals surface area contributed by atoms with Gasteiger partial charge in [-0.3, -0.25) is 4.79 Å². The maximum absolute atomic E-state index is 11.9. The van der Waals surface area contributed by atoms with Gasteiger partial charge in [0.1, 0.15) is 5.75 Å². The molecule has 2 rings (SSSR count). The maximum atomic E-state index is 11.9. The lowest BCUT2D eigenvalue weighted by Gasteiger charge is -2.09. The Bertz CT molecular complexity index is 643. The summed E-state index contributed by atoms with van der Waals surface area (Å²) in [7, 11) is 0. The Morgan fingerprint density at radius 1 is 1.26 bits per heavy atom. The molecule has 0 aliphatic heterocycles. The molecule has 0 saturated heterocycles. The first kappa shape index (κ1) is 12.6. The predicted octanol–water partition coefficient (Wildman–Crippen LogP) is 1.03. The van der Waals surface area contributed by atoms with E-state index in [9.17, 15) is 15.0 Å². The zero-order chi connectivity index (χ0) is 14.0. The molecule has 1 heterocycles. The van der Waals surface area contributed by atoms with Crippen LogP contribution in [-0.2, 0) is 0 Å². The number of hydrogen-bond acceptors (Lipinski definition) is 6. The Hall–Kier alpha value is -2.83. The molecule has 0 spiro atoms. The zero-order valence-electron chi connectivity index (χ0n) is 10.1. The molecular weight excluding hydrogens is 248 g/mol. The SMILES string of the molecule is Cc1nc(N)nc(NC(=O)c2ccccc2O)c1O. The van der Waals surface area contributed by atoms with Gasteiger partial charge in [-0.1, -0.05) is 12.1 Å².